The van der Waals surface area contributed by atoms with Gasteiger partial charge in [-0.2, -0.15) is 0 Å². The van der Waals surface area contributed by atoms with E-state index in [0.29, 0.717) is 24.3 Å². The van der Waals surface area contributed by atoms with Gasteiger partial charge in [-0.15, -0.1) is 0 Å². The smallest absolute Gasteiger partial charge is 0.220 e. The van der Waals surface area contributed by atoms with E-state index in [9.17, 15) is 4.79 Å². The van der Waals surface area contributed by atoms with Crippen LogP contribution in [0.4, 0.5) is 5.82 Å². The Hall–Kier alpha value is -1.65. The van der Waals surface area contributed by atoms with E-state index in [-0.39, 0.29) is 5.91 Å². The Kier molecular flexibility index (Phi) is 4.91. The first-order valence-corrected chi connectivity index (χ1v) is 10.1. The molecule has 0 spiro atoms. The summed E-state index contributed by atoms with van der Waals surface area (Å²) >= 11 is 0. The van der Waals surface area contributed by atoms with Crippen molar-refractivity contribution in [3.8, 4) is 0 Å². The molecule has 2 saturated carbocycles. The van der Waals surface area contributed by atoms with Crippen LogP contribution >= 0.6 is 0 Å². The van der Waals surface area contributed by atoms with Gasteiger partial charge in [0, 0.05) is 43.2 Å². The average molecular weight is 342 g/mol. The highest BCUT2D eigenvalue weighted by Gasteiger charge is 2.29. The fraction of sp³-hybridized carbons (Fsp3) is 0.750. The van der Waals surface area contributed by atoms with Crippen molar-refractivity contribution in [2.45, 2.75) is 76.7 Å². The first-order chi connectivity index (χ1) is 12.2. The van der Waals surface area contributed by atoms with Crippen molar-refractivity contribution in [1.29, 1.82) is 0 Å². The number of piperidine rings is 1. The molecule has 3 aliphatic rings. The van der Waals surface area contributed by atoms with Gasteiger partial charge < -0.3 is 10.2 Å². The van der Waals surface area contributed by atoms with Crippen LogP contribution in [0.5, 0.6) is 0 Å². The highest BCUT2D eigenvalue weighted by molar-refractivity contribution is 5.76. The van der Waals surface area contributed by atoms with Crippen molar-refractivity contribution in [3.05, 3.63) is 17.6 Å². The molecule has 1 aliphatic heterocycles. The maximum atomic E-state index is 12.2. The molecule has 5 nitrogen and oxygen atoms in total. The number of carbonyl (C=O) groups is 1. The zero-order valence-electron chi connectivity index (χ0n) is 15.3. The summed E-state index contributed by atoms with van der Waals surface area (Å²) in [4.78, 5) is 24.0. The molecule has 0 unspecified atom stereocenters. The predicted octanol–water partition coefficient (Wildman–Crippen LogP) is 3.33. The third kappa shape index (κ3) is 4.31. The number of anilines is 1. The fourth-order valence-corrected chi connectivity index (χ4v) is 4.25. The second kappa shape index (κ2) is 7.30. The van der Waals surface area contributed by atoms with Crippen LogP contribution in [0.2, 0.25) is 0 Å². The molecule has 0 radical (unpaired) electrons. The van der Waals surface area contributed by atoms with Crippen molar-refractivity contribution in [1.82, 2.24) is 15.3 Å². The molecule has 1 N–H and O–H groups in total. The Bertz CT molecular complexity index is 614. The minimum absolute atomic E-state index is 0.263. The molecule has 1 saturated heterocycles. The first-order valence-electron chi connectivity index (χ1n) is 10.1. The molecule has 25 heavy (non-hydrogen) atoms. The zero-order valence-corrected chi connectivity index (χ0v) is 15.3. The van der Waals surface area contributed by atoms with Crippen molar-refractivity contribution >= 4 is 11.7 Å². The highest BCUT2D eigenvalue weighted by Crippen LogP contribution is 2.39. The van der Waals surface area contributed by atoms with E-state index in [1.165, 1.54) is 38.5 Å². The van der Waals surface area contributed by atoms with Gasteiger partial charge in [0.2, 0.25) is 5.91 Å². The minimum Gasteiger partial charge on any atom is -0.356 e. The summed E-state index contributed by atoms with van der Waals surface area (Å²) in [5.74, 6) is 3.49. The Morgan fingerprint density at radius 2 is 1.84 bits per heavy atom. The maximum Gasteiger partial charge on any atom is 0.220 e. The van der Waals surface area contributed by atoms with Crippen LogP contribution in [-0.2, 0) is 4.79 Å². The van der Waals surface area contributed by atoms with Crippen LogP contribution in [0.3, 0.4) is 0 Å². The Morgan fingerprint density at radius 3 is 2.52 bits per heavy atom. The zero-order chi connectivity index (χ0) is 17.2. The van der Waals surface area contributed by atoms with Gasteiger partial charge in [0.1, 0.15) is 11.6 Å². The summed E-state index contributed by atoms with van der Waals surface area (Å²) in [6.45, 7) is 4.07. The molecule has 1 aromatic heterocycles. The fourth-order valence-electron chi connectivity index (χ4n) is 4.25. The van der Waals surface area contributed by atoms with Gasteiger partial charge in [0.05, 0.1) is 0 Å². The van der Waals surface area contributed by atoms with E-state index in [1.54, 1.807) is 0 Å². The number of amides is 1. The molecule has 3 fully saturated rings. The van der Waals surface area contributed by atoms with E-state index in [4.69, 9.17) is 4.98 Å². The van der Waals surface area contributed by atoms with Gasteiger partial charge >= 0.3 is 0 Å². The summed E-state index contributed by atoms with van der Waals surface area (Å²) in [6, 6.07) is 2.55. The normalized spacial score (nSPS) is 22.4. The highest BCUT2D eigenvalue weighted by atomic mass is 16.1. The molecule has 5 heteroatoms. The molecule has 2 aliphatic carbocycles. The lowest BCUT2D eigenvalue weighted by Gasteiger charge is -2.33. The second-order valence-electron chi connectivity index (χ2n) is 8.18. The SMILES string of the molecule is Cc1cc(N2CCC(CC(=O)NC3CCCC3)CC2)nc(C2CC2)n1. The molecule has 2 heterocycles. The van der Waals surface area contributed by atoms with Gasteiger partial charge in [0.25, 0.3) is 0 Å². The summed E-state index contributed by atoms with van der Waals surface area (Å²) in [6.07, 6.45) is 10.2. The van der Waals surface area contributed by atoms with Crippen LogP contribution in [-0.4, -0.2) is 35.0 Å². The summed E-state index contributed by atoms with van der Waals surface area (Å²) in [5.41, 5.74) is 1.07. The van der Waals surface area contributed by atoms with E-state index >= 15 is 0 Å². The summed E-state index contributed by atoms with van der Waals surface area (Å²) in [5, 5.41) is 3.23. The maximum absolute atomic E-state index is 12.2. The van der Waals surface area contributed by atoms with Gasteiger partial charge in [-0.05, 0) is 51.4 Å². The topological polar surface area (TPSA) is 58.1 Å². The van der Waals surface area contributed by atoms with E-state index in [0.717, 1.165) is 43.3 Å². The number of nitrogens with one attached hydrogen (secondary N) is 1. The molecule has 4 rings (SSSR count). The Morgan fingerprint density at radius 1 is 1.12 bits per heavy atom. The van der Waals surface area contributed by atoms with Crippen LogP contribution in [0, 0.1) is 12.8 Å². The first kappa shape index (κ1) is 16.8. The second-order valence-corrected chi connectivity index (χ2v) is 8.18. The minimum atomic E-state index is 0.263. The van der Waals surface area contributed by atoms with Crippen molar-refractivity contribution in [2.24, 2.45) is 5.92 Å². The standard InChI is InChI=1S/C20H30N4O/c1-14-12-18(23-20(21-14)16-6-7-16)24-10-8-15(9-11-24)13-19(25)22-17-4-2-3-5-17/h12,15-17H,2-11,13H2,1H3,(H,22,25). The lowest BCUT2D eigenvalue weighted by Crippen LogP contribution is -2.38. The van der Waals surface area contributed by atoms with Gasteiger partial charge in [-0.3, -0.25) is 4.79 Å². The molecule has 0 aromatic carbocycles. The Balaban J connectivity index is 1.28. The molecule has 1 amide bonds. The number of hydrogen-bond acceptors (Lipinski definition) is 4. The quantitative estimate of drug-likeness (QED) is 0.892. The van der Waals surface area contributed by atoms with Crippen molar-refractivity contribution < 1.29 is 4.79 Å². The lowest BCUT2D eigenvalue weighted by atomic mass is 9.93. The van der Waals surface area contributed by atoms with Gasteiger partial charge in [-0.25, -0.2) is 9.97 Å². The number of aryl methyl sites for hydroxylation is 1. The molecule has 136 valence electrons. The predicted molar refractivity (Wildman–Crippen MR) is 98.7 cm³/mol. The third-order valence-electron chi connectivity index (χ3n) is 5.93. The number of rotatable bonds is 5. The largest absolute Gasteiger partial charge is 0.356 e. The number of carbonyl (C=O) groups excluding carboxylic acids is 1. The van der Waals surface area contributed by atoms with Crippen LogP contribution in [0.1, 0.15) is 75.2 Å². The lowest BCUT2D eigenvalue weighted by molar-refractivity contribution is -0.122. The monoisotopic (exact) mass is 342 g/mol. The van der Waals surface area contributed by atoms with Gasteiger partial charge in [-0.1, -0.05) is 12.8 Å². The molecular weight excluding hydrogens is 312 g/mol. The summed E-state index contributed by atoms with van der Waals surface area (Å²) in [7, 11) is 0. The van der Waals surface area contributed by atoms with E-state index in [2.05, 4.69) is 28.2 Å². The number of hydrogen-bond donors (Lipinski definition) is 1. The van der Waals surface area contributed by atoms with Crippen LogP contribution < -0.4 is 10.2 Å². The van der Waals surface area contributed by atoms with Crippen LogP contribution in [0.15, 0.2) is 6.07 Å². The van der Waals surface area contributed by atoms with Gasteiger partial charge in [0.15, 0.2) is 0 Å². The molecular formula is C20H30N4O. The van der Waals surface area contributed by atoms with E-state index in [1.807, 2.05) is 0 Å². The number of aromatic nitrogens is 2. The number of nitrogens with zero attached hydrogens (tertiary/aromatic N) is 3. The van der Waals surface area contributed by atoms with Crippen molar-refractivity contribution in [3.63, 3.8) is 0 Å². The Labute approximate surface area is 150 Å². The summed E-state index contributed by atoms with van der Waals surface area (Å²) < 4.78 is 0. The van der Waals surface area contributed by atoms with Crippen LogP contribution in [0.25, 0.3) is 0 Å². The third-order valence-corrected chi connectivity index (χ3v) is 5.93. The van der Waals surface area contributed by atoms with E-state index < -0.39 is 0 Å². The molecule has 0 atom stereocenters. The van der Waals surface area contributed by atoms with Crippen molar-refractivity contribution in [2.75, 3.05) is 18.0 Å². The average Bonchev–Trinajstić information content (AvgIpc) is 3.33. The molecule has 1 aromatic rings. The molecule has 0 bridgehead atoms.